The van der Waals surface area contributed by atoms with Crippen molar-refractivity contribution in [2.75, 3.05) is 0 Å². The first-order chi connectivity index (χ1) is 21.5. The molecule has 1 aliphatic rings. The van der Waals surface area contributed by atoms with Crippen LogP contribution in [0.2, 0.25) is 0 Å². The molecule has 0 spiro atoms. The van der Waals surface area contributed by atoms with Gasteiger partial charge in [-0.05, 0) is 74.0 Å². The lowest BCUT2D eigenvalue weighted by Crippen LogP contribution is -2.31. The molecule has 0 amide bonds. The Morgan fingerprint density at radius 3 is 2.25 bits per heavy atom. The first-order valence-corrected chi connectivity index (χ1v) is 15.3. The summed E-state index contributed by atoms with van der Waals surface area (Å²) in [6.07, 6.45) is 4.18. The summed E-state index contributed by atoms with van der Waals surface area (Å²) in [5.41, 5.74) is 17.2. The summed E-state index contributed by atoms with van der Waals surface area (Å²) >= 11 is 0. The largest absolute Gasteiger partial charge is 0.456 e. The van der Waals surface area contributed by atoms with Crippen molar-refractivity contribution in [3.63, 3.8) is 0 Å². The first kappa shape index (κ1) is 26.7. The fourth-order valence-corrected chi connectivity index (χ4v) is 7.10. The molecule has 1 aromatic heterocycles. The van der Waals surface area contributed by atoms with Gasteiger partial charge in [0, 0.05) is 16.2 Å². The topological polar surface area (TPSA) is 51.2 Å². The number of benzene rings is 6. The molecule has 3 nitrogen and oxygen atoms in total. The van der Waals surface area contributed by atoms with E-state index in [-0.39, 0.29) is 17.6 Å². The van der Waals surface area contributed by atoms with Crippen LogP contribution < -0.4 is 11.1 Å². The van der Waals surface area contributed by atoms with Gasteiger partial charge in [-0.25, -0.2) is 0 Å². The summed E-state index contributed by atoms with van der Waals surface area (Å²) < 4.78 is 6.27. The molecule has 2 unspecified atom stereocenters. The van der Waals surface area contributed by atoms with Gasteiger partial charge in [0.15, 0.2) is 0 Å². The highest BCUT2D eigenvalue weighted by atomic mass is 16.3. The zero-order chi connectivity index (χ0) is 29.8. The molecule has 3 heteroatoms. The predicted molar refractivity (Wildman–Crippen MR) is 184 cm³/mol. The summed E-state index contributed by atoms with van der Waals surface area (Å²) in [6.45, 7) is 4.68. The van der Waals surface area contributed by atoms with E-state index in [0.717, 1.165) is 33.1 Å². The molecule has 0 saturated carbocycles. The molecule has 0 saturated heterocycles. The maximum atomic E-state index is 6.81. The molecule has 44 heavy (non-hydrogen) atoms. The van der Waals surface area contributed by atoms with Crippen molar-refractivity contribution in [1.29, 1.82) is 0 Å². The molecule has 214 valence electrons. The molecular weight excluding hydrogens is 536 g/mol. The van der Waals surface area contributed by atoms with Crippen molar-refractivity contribution in [3.05, 3.63) is 161 Å². The quantitative estimate of drug-likeness (QED) is 0.196. The van der Waals surface area contributed by atoms with Crippen LogP contribution in [0.15, 0.2) is 138 Å². The van der Waals surface area contributed by atoms with Crippen molar-refractivity contribution in [2.24, 2.45) is 5.73 Å². The van der Waals surface area contributed by atoms with Crippen LogP contribution in [-0.4, -0.2) is 0 Å². The maximum Gasteiger partial charge on any atom is 0.135 e. The number of nitrogens with one attached hydrogen (secondary N) is 1. The van der Waals surface area contributed by atoms with E-state index < -0.39 is 0 Å². The van der Waals surface area contributed by atoms with Crippen LogP contribution >= 0.6 is 0 Å². The average molecular weight is 571 g/mol. The van der Waals surface area contributed by atoms with Crippen molar-refractivity contribution in [1.82, 2.24) is 5.32 Å². The molecule has 6 aromatic carbocycles. The number of hydrogen-bond acceptors (Lipinski definition) is 3. The van der Waals surface area contributed by atoms with E-state index in [1.807, 2.05) is 36.4 Å². The third-order valence-electron chi connectivity index (χ3n) is 9.35. The van der Waals surface area contributed by atoms with Gasteiger partial charge < -0.3 is 10.2 Å². The molecule has 0 aliphatic heterocycles. The molecule has 8 rings (SSSR count). The van der Waals surface area contributed by atoms with E-state index in [0.29, 0.717) is 0 Å². The van der Waals surface area contributed by atoms with Gasteiger partial charge in [-0.15, -0.1) is 0 Å². The number of rotatable bonds is 6. The lowest BCUT2D eigenvalue weighted by atomic mass is 9.81. The Bertz CT molecular complexity index is 2210. The van der Waals surface area contributed by atoms with E-state index in [4.69, 9.17) is 10.2 Å². The van der Waals surface area contributed by atoms with Gasteiger partial charge in [0.1, 0.15) is 11.2 Å². The number of para-hydroxylation sites is 1. The van der Waals surface area contributed by atoms with Crippen molar-refractivity contribution < 1.29 is 4.42 Å². The number of furan rings is 1. The number of nitrogens with two attached hydrogens (primary N) is 1. The van der Waals surface area contributed by atoms with Gasteiger partial charge >= 0.3 is 0 Å². The normalized spacial score (nSPS) is 15.2. The standard InChI is InChI=1S/C41H34N2O/c1-41(2)33-19-10-16-26(38(33)32-24-28-14-6-7-15-29(28)25-34(32)41)22-23-35(43-40(42)27-12-4-3-5-13-27)30-18-11-21-37-39(30)31-17-8-9-20-36(31)44-37/h3-25,35,40,43H,42H2,1-2H3/b23-22+. The van der Waals surface area contributed by atoms with Crippen LogP contribution in [-0.2, 0) is 5.41 Å². The Kier molecular flexibility index (Phi) is 6.26. The lowest BCUT2D eigenvalue weighted by molar-refractivity contribution is 0.511. The summed E-state index contributed by atoms with van der Waals surface area (Å²) in [5.74, 6) is 0. The molecule has 7 aromatic rings. The van der Waals surface area contributed by atoms with Gasteiger partial charge in [0.25, 0.3) is 0 Å². The second kappa shape index (κ2) is 10.3. The highest BCUT2D eigenvalue weighted by Crippen LogP contribution is 2.51. The molecule has 3 N–H and O–H groups in total. The van der Waals surface area contributed by atoms with Crippen LogP contribution in [0.5, 0.6) is 0 Å². The van der Waals surface area contributed by atoms with Crippen LogP contribution in [0, 0.1) is 0 Å². The van der Waals surface area contributed by atoms with Crippen LogP contribution in [0.1, 0.15) is 53.9 Å². The molecule has 0 bridgehead atoms. The smallest absolute Gasteiger partial charge is 0.135 e. The molecule has 0 fully saturated rings. The van der Waals surface area contributed by atoms with E-state index in [9.17, 15) is 0 Å². The predicted octanol–water partition coefficient (Wildman–Crippen LogP) is 10.0. The molecule has 2 atom stereocenters. The molecular formula is C41H34N2O. The third kappa shape index (κ3) is 4.28. The summed E-state index contributed by atoms with van der Waals surface area (Å²) in [7, 11) is 0. The minimum atomic E-state index is -0.355. The Labute approximate surface area is 257 Å². The maximum absolute atomic E-state index is 6.81. The van der Waals surface area contributed by atoms with E-state index in [1.54, 1.807) is 0 Å². The van der Waals surface area contributed by atoms with Crippen LogP contribution in [0.25, 0.3) is 49.9 Å². The minimum absolute atomic E-state index is 0.0901. The SMILES string of the molecule is CC1(C)c2cc3ccccc3cc2-c2c(/C=C/C(NC(N)c3ccccc3)c3cccc4oc5ccccc5c34)cccc21. The van der Waals surface area contributed by atoms with Gasteiger partial charge in [0.05, 0.1) is 12.2 Å². The summed E-state index contributed by atoms with van der Waals surface area (Å²) in [5, 5.41) is 8.51. The third-order valence-corrected chi connectivity index (χ3v) is 9.35. The number of hydrogen-bond donors (Lipinski definition) is 2. The monoisotopic (exact) mass is 570 g/mol. The van der Waals surface area contributed by atoms with Crippen LogP contribution in [0.4, 0.5) is 0 Å². The first-order valence-electron chi connectivity index (χ1n) is 15.3. The Balaban J connectivity index is 1.28. The Hall–Kier alpha value is -4.96. The second-order valence-corrected chi connectivity index (χ2v) is 12.4. The Morgan fingerprint density at radius 1 is 0.705 bits per heavy atom. The van der Waals surface area contributed by atoms with E-state index in [2.05, 4.69) is 122 Å². The molecule has 1 heterocycles. The minimum Gasteiger partial charge on any atom is -0.456 e. The van der Waals surface area contributed by atoms with E-state index >= 15 is 0 Å². The van der Waals surface area contributed by atoms with Gasteiger partial charge in [-0.2, -0.15) is 0 Å². The summed E-state index contributed by atoms with van der Waals surface area (Å²) in [6, 6.07) is 44.7. The zero-order valence-electron chi connectivity index (χ0n) is 24.9. The zero-order valence-corrected chi connectivity index (χ0v) is 24.9. The highest BCUT2D eigenvalue weighted by Gasteiger charge is 2.36. The fraction of sp³-hybridized carbons (Fsp3) is 0.122. The summed E-state index contributed by atoms with van der Waals surface area (Å²) in [4.78, 5) is 0. The van der Waals surface area contributed by atoms with Gasteiger partial charge in [0.2, 0.25) is 0 Å². The van der Waals surface area contributed by atoms with Gasteiger partial charge in [-0.3, -0.25) is 5.32 Å². The second-order valence-electron chi connectivity index (χ2n) is 12.4. The fourth-order valence-electron chi connectivity index (χ4n) is 7.10. The molecule has 0 radical (unpaired) electrons. The van der Waals surface area contributed by atoms with Crippen molar-refractivity contribution >= 4 is 38.8 Å². The van der Waals surface area contributed by atoms with Crippen molar-refractivity contribution in [3.8, 4) is 11.1 Å². The van der Waals surface area contributed by atoms with Crippen molar-refractivity contribution in [2.45, 2.75) is 31.5 Å². The Morgan fingerprint density at radius 2 is 1.41 bits per heavy atom. The number of fused-ring (bicyclic) bond motifs is 7. The van der Waals surface area contributed by atoms with Gasteiger partial charge in [-0.1, -0.05) is 129 Å². The average Bonchev–Trinajstić information content (AvgIpc) is 3.55. The van der Waals surface area contributed by atoms with Crippen LogP contribution in [0.3, 0.4) is 0 Å². The highest BCUT2D eigenvalue weighted by molar-refractivity contribution is 6.07. The van der Waals surface area contributed by atoms with E-state index in [1.165, 1.54) is 38.6 Å². The molecule has 1 aliphatic carbocycles. The lowest BCUT2D eigenvalue weighted by Gasteiger charge is -2.23.